The largest absolute Gasteiger partial charge is 0.496 e. The number of amides is 1. The lowest BCUT2D eigenvalue weighted by molar-refractivity contribution is -0.385. The number of methoxy groups -OCH3 is 1. The number of ether oxygens (including phenoxy) is 1. The summed E-state index contributed by atoms with van der Waals surface area (Å²) in [6.07, 6.45) is 2.09. The van der Waals surface area contributed by atoms with Gasteiger partial charge in [-0.25, -0.2) is 0 Å². The van der Waals surface area contributed by atoms with Crippen molar-refractivity contribution >= 4 is 23.0 Å². The van der Waals surface area contributed by atoms with Crippen LogP contribution in [0.1, 0.15) is 0 Å². The van der Waals surface area contributed by atoms with Crippen molar-refractivity contribution in [2.24, 2.45) is 0 Å². The zero-order valence-corrected chi connectivity index (χ0v) is 11.8. The van der Waals surface area contributed by atoms with Crippen molar-refractivity contribution in [3.8, 4) is 5.75 Å². The van der Waals surface area contributed by atoms with Crippen LogP contribution in [0.2, 0.25) is 0 Å². The fraction of sp³-hybridized carbons (Fsp3) is 0.167. The second-order valence-corrected chi connectivity index (χ2v) is 4.34. The molecule has 0 aliphatic heterocycles. The maximum atomic E-state index is 11.9. The van der Waals surface area contributed by atoms with E-state index in [4.69, 9.17) is 4.74 Å². The molecule has 1 aromatic heterocycles. The van der Waals surface area contributed by atoms with Crippen LogP contribution in [0.15, 0.2) is 30.6 Å². The summed E-state index contributed by atoms with van der Waals surface area (Å²) in [5, 5.41) is 27.6. The topological polar surface area (TPSA) is 142 Å². The summed E-state index contributed by atoms with van der Waals surface area (Å²) in [7, 11) is 1.36. The average molecular weight is 321 g/mol. The number of hydrogen-bond acceptors (Lipinski definition) is 7. The number of carbonyl (C=O) groups excluding carboxylic acids is 1. The van der Waals surface area contributed by atoms with Gasteiger partial charge in [0.05, 0.1) is 23.0 Å². The molecule has 0 atom stereocenters. The molecule has 2 rings (SSSR count). The quantitative estimate of drug-likeness (QED) is 0.624. The molecule has 2 aromatic rings. The molecule has 0 saturated carbocycles. The first-order valence-corrected chi connectivity index (χ1v) is 6.20. The maximum absolute atomic E-state index is 11.9. The number of hydrogen-bond donors (Lipinski definition) is 1. The highest BCUT2D eigenvalue weighted by molar-refractivity contribution is 5.93. The minimum atomic E-state index is -0.656. The zero-order valence-electron chi connectivity index (χ0n) is 11.8. The van der Waals surface area contributed by atoms with Gasteiger partial charge in [0, 0.05) is 0 Å². The molecule has 0 bridgehead atoms. The third kappa shape index (κ3) is 3.78. The van der Waals surface area contributed by atoms with Crippen molar-refractivity contribution < 1.29 is 19.4 Å². The predicted octanol–water partition coefficient (Wildman–Crippen LogP) is 1.35. The Morgan fingerprint density at radius 1 is 1.35 bits per heavy atom. The van der Waals surface area contributed by atoms with E-state index in [1.807, 2.05) is 0 Å². The highest BCUT2D eigenvalue weighted by Crippen LogP contribution is 2.28. The standard InChI is InChI=1S/C12H11N5O6/c1-23-9-2-3-10(11(4-9)17(21)22)14-12(18)7-15-6-8(5-13-15)16(19)20/h2-6H,7H2,1H3,(H,14,18). The van der Waals surface area contributed by atoms with E-state index in [0.717, 1.165) is 17.1 Å². The molecule has 0 aliphatic rings. The number of nitrogens with zero attached hydrogens (tertiary/aromatic N) is 4. The lowest BCUT2D eigenvalue weighted by Crippen LogP contribution is -2.19. The monoisotopic (exact) mass is 321 g/mol. The first-order chi connectivity index (χ1) is 10.9. The number of nitro benzene ring substituents is 1. The Labute approximate surface area is 128 Å². The number of benzene rings is 1. The minimum Gasteiger partial charge on any atom is -0.496 e. The Morgan fingerprint density at radius 3 is 2.65 bits per heavy atom. The van der Waals surface area contributed by atoms with Crippen molar-refractivity contribution in [2.45, 2.75) is 6.54 Å². The summed E-state index contributed by atoms with van der Waals surface area (Å²) >= 11 is 0. The van der Waals surface area contributed by atoms with Crippen LogP contribution in [0.5, 0.6) is 5.75 Å². The molecule has 1 amide bonds. The van der Waals surface area contributed by atoms with E-state index < -0.39 is 15.8 Å². The van der Waals surface area contributed by atoms with Crippen molar-refractivity contribution in [1.29, 1.82) is 0 Å². The maximum Gasteiger partial charge on any atom is 0.307 e. The fourth-order valence-electron chi connectivity index (χ4n) is 1.77. The lowest BCUT2D eigenvalue weighted by atomic mass is 10.2. The fourth-order valence-corrected chi connectivity index (χ4v) is 1.77. The Balaban J connectivity index is 2.13. The van der Waals surface area contributed by atoms with Gasteiger partial charge in [-0.1, -0.05) is 0 Å². The molecule has 0 fully saturated rings. The van der Waals surface area contributed by atoms with Gasteiger partial charge >= 0.3 is 5.69 Å². The summed E-state index contributed by atoms with van der Waals surface area (Å²) < 4.78 is 5.95. The second-order valence-electron chi connectivity index (χ2n) is 4.34. The lowest BCUT2D eigenvalue weighted by Gasteiger charge is -2.07. The molecule has 0 radical (unpaired) electrons. The predicted molar refractivity (Wildman–Crippen MR) is 77.2 cm³/mol. The van der Waals surface area contributed by atoms with Crippen molar-refractivity contribution in [3.63, 3.8) is 0 Å². The Hall–Kier alpha value is -3.50. The summed E-state index contributed by atoms with van der Waals surface area (Å²) in [6.45, 7) is -0.322. The van der Waals surface area contributed by atoms with Crippen molar-refractivity contribution in [1.82, 2.24) is 9.78 Å². The van der Waals surface area contributed by atoms with E-state index in [1.165, 1.54) is 25.3 Å². The van der Waals surface area contributed by atoms with Crippen LogP contribution < -0.4 is 10.1 Å². The smallest absolute Gasteiger partial charge is 0.307 e. The normalized spacial score (nSPS) is 10.1. The summed E-state index contributed by atoms with van der Waals surface area (Å²) in [6, 6.07) is 3.97. The van der Waals surface area contributed by atoms with Gasteiger partial charge in [0.15, 0.2) is 0 Å². The molecule has 0 unspecified atom stereocenters. The van der Waals surface area contributed by atoms with E-state index >= 15 is 0 Å². The number of aromatic nitrogens is 2. The van der Waals surface area contributed by atoms with Crippen LogP contribution in [0.4, 0.5) is 17.1 Å². The number of anilines is 1. The van der Waals surface area contributed by atoms with Crippen LogP contribution in [0, 0.1) is 20.2 Å². The number of rotatable bonds is 6. The second kappa shape index (κ2) is 6.51. The van der Waals surface area contributed by atoms with Gasteiger partial charge in [-0.3, -0.25) is 29.7 Å². The average Bonchev–Trinajstić information content (AvgIpc) is 2.96. The van der Waals surface area contributed by atoms with Crippen LogP contribution in [0.3, 0.4) is 0 Å². The van der Waals surface area contributed by atoms with Crippen LogP contribution in [-0.4, -0.2) is 32.6 Å². The van der Waals surface area contributed by atoms with E-state index in [-0.39, 0.29) is 29.4 Å². The highest BCUT2D eigenvalue weighted by Gasteiger charge is 2.18. The molecule has 11 heteroatoms. The van der Waals surface area contributed by atoms with E-state index in [1.54, 1.807) is 0 Å². The van der Waals surface area contributed by atoms with Gasteiger partial charge in [0.1, 0.15) is 30.4 Å². The van der Waals surface area contributed by atoms with Gasteiger partial charge in [0.2, 0.25) is 5.91 Å². The molecule has 1 N–H and O–H groups in total. The first-order valence-electron chi connectivity index (χ1n) is 6.20. The van der Waals surface area contributed by atoms with Gasteiger partial charge < -0.3 is 10.1 Å². The van der Waals surface area contributed by atoms with Crippen LogP contribution >= 0.6 is 0 Å². The van der Waals surface area contributed by atoms with Crippen molar-refractivity contribution in [2.75, 3.05) is 12.4 Å². The summed E-state index contributed by atoms with van der Waals surface area (Å²) in [4.78, 5) is 32.1. The molecular formula is C12H11N5O6. The highest BCUT2D eigenvalue weighted by atomic mass is 16.6. The van der Waals surface area contributed by atoms with E-state index in [0.29, 0.717) is 0 Å². The van der Waals surface area contributed by atoms with Crippen LogP contribution in [0.25, 0.3) is 0 Å². The Kier molecular flexibility index (Phi) is 4.50. The third-order valence-electron chi connectivity index (χ3n) is 2.81. The zero-order chi connectivity index (χ0) is 17.0. The number of nitrogens with one attached hydrogen (secondary N) is 1. The van der Waals surface area contributed by atoms with Gasteiger partial charge in [0.25, 0.3) is 5.69 Å². The molecule has 1 heterocycles. The van der Waals surface area contributed by atoms with E-state index in [9.17, 15) is 25.0 Å². The molecule has 120 valence electrons. The number of nitro groups is 2. The van der Waals surface area contributed by atoms with E-state index in [2.05, 4.69) is 10.4 Å². The molecule has 23 heavy (non-hydrogen) atoms. The molecule has 11 nitrogen and oxygen atoms in total. The molecule has 0 saturated heterocycles. The minimum absolute atomic E-state index is 0.0116. The van der Waals surface area contributed by atoms with Crippen molar-refractivity contribution in [3.05, 3.63) is 50.8 Å². The first kappa shape index (κ1) is 15.9. The van der Waals surface area contributed by atoms with Gasteiger partial charge in [-0.05, 0) is 12.1 Å². The summed E-state index contributed by atoms with van der Waals surface area (Å²) in [5.74, 6) is -0.339. The molecule has 1 aromatic carbocycles. The Morgan fingerprint density at radius 2 is 2.09 bits per heavy atom. The molecule has 0 spiro atoms. The SMILES string of the molecule is COc1ccc(NC(=O)Cn2cc([N+](=O)[O-])cn2)c([N+](=O)[O-])c1. The van der Waals surface area contributed by atoms with Gasteiger partial charge in [-0.2, -0.15) is 5.10 Å². The Bertz CT molecular complexity index is 771. The van der Waals surface area contributed by atoms with Crippen LogP contribution in [-0.2, 0) is 11.3 Å². The number of carbonyl (C=O) groups is 1. The molecular weight excluding hydrogens is 310 g/mol. The summed E-state index contributed by atoms with van der Waals surface area (Å²) in [5.41, 5.74) is -0.597. The molecule has 0 aliphatic carbocycles. The third-order valence-corrected chi connectivity index (χ3v) is 2.81. The van der Waals surface area contributed by atoms with Gasteiger partial charge in [-0.15, -0.1) is 0 Å².